The number of hydrazine groups is 1. The fourth-order valence-corrected chi connectivity index (χ4v) is 2.98. The molecule has 0 saturated heterocycles. The Labute approximate surface area is 109 Å². The van der Waals surface area contributed by atoms with E-state index in [1.54, 1.807) is 12.1 Å². The minimum Gasteiger partial charge on any atom is -0.271 e. The summed E-state index contributed by atoms with van der Waals surface area (Å²) in [4.78, 5) is 0. The summed E-state index contributed by atoms with van der Waals surface area (Å²) in [5.41, 5.74) is 3.92. The van der Waals surface area contributed by atoms with Crippen molar-refractivity contribution in [3.8, 4) is 0 Å². The molecule has 1 aromatic carbocycles. The number of hydrogen-bond acceptors (Lipinski definition) is 2. The first-order valence-corrected chi connectivity index (χ1v) is 6.98. The van der Waals surface area contributed by atoms with Crippen LogP contribution in [0.2, 0.25) is 0 Å². The van der Waals surface area contributed by atoms with Gasteiger partial charge in [-0.15, -0.1) is 0 Å². The molecule has 1 aliphatic carbocycles. The molecule has 0 radical (unpaired) electrons. The predicted molar refractivity (Wildman–Crippen MR) is 72.4 cm³/mol. The van der Waals surface area contributed by atoms with E-state index in [-0.39, 0.29) is 11.9 Å². The summed E-state index contributed by atoms with van der Waals surface area (Å²) in [6, 6.07) is 7.07. The van der Waals surface area contributed by atoms with Crippen molar-refractivity contribution in [1.82, 2.24) is 5.43 Å². The quantitative estimate of drug-likeness (QED) is 0.622. The molecule has 3 N–H and O–H groups in total. The summed E-state index contributed by atoms with van der Waals surface area (Å²) in [5.74, 6) is 6.25. The lowest BCUT2D eigenvalue weighted by Crippen LogP contribution is -2.38. The molecule has 1 saturated carbocycles. The second kappa shape index (κ2) is 6.86. The van der Waals surface area contributed by atoms with Crippen molar-refractivity contribution in [3.05, 3.63) is 35.6 Å². The minimum absolute atomic E-state index is 0.166. The van der Waals surface area contributed by atoms with Crippen LogP contribution in [0.15, 0.2) is 24.3 Å². The van der Waals surface area contributed by atoms with Gasteiger partial charge in [0.1, 0.15) is 5.82 Å². The highest BCUT2D eigenvalue weighted by Gasteiger charge is 2.18. The number of hydrogen-bond donors (Lipinski definition) is 2. The summed E-state index contributed by atoms with van der Waals surface area (Å²) in [6.45, 7) is 0. The zero-order valence-electron chi connectivity index (χ0n) is 10.9. The third kappa shape index (κ3) is 4.07. The van der Waals surface area contributed by atoms with Gasteiger partial charge in [-0.2, -0.15) is 0 Å². The fourth-order valence-electron chi connectivity index (χ4n) is 2.98. The molecule has 2 rings (SSSR count). The Balaban J connectivity index is 1.88. The van der Waals surface area contributed by atoms with E-state index in [0.29, 0.717) is 0 Å². The Bertz CT molecular complexity index is 361. The Kier molecular flexibility index (Phi) is 5.14. The topological polar surface area (TPSA) is 38.0 Å². The van der Waals surface area contributed by atoms with E-state index >= 15 is 0 Å². The maximum Gasteiger partial charge on any atom is 0.123 e. The van der Waals surface area contributed by atoms with Gasteiger partial charge in [0.05, 0.1) is 0 Å². The Morgan fingerprint density at radius 1 is 1.28 bits per heavy atom. The Morgan fingerprint density at radius 3 is 2.72 bits per heavy atom. The summed E-state index contributed by atoms with van der Waals surface area (Å²) < 4.78 is 13.1. The van der Waals surface area contributed by atoms with Gasteiger partial charge in [0.25, 0.3) is 0 Å². The van der Waals surface area contributed by atoms with Gasteiger partial charge < -0.3 is 0 Å². The van der Waals surface area contributed by atoms with Gasteiger partial charge in [-0.1, -0.05) is 44.2 Å². The second-order valence-electron chi connectivity index (χ2n) is 5.44. The highest BCUT2D eigenvalue weighted by Crippen LogP contribution is 2.27. The minimum atomic E-state index is -0.166. The summed E-state index contributed by atoms with van der Waals surface area (Å²) in [7, 11) is 0. The van der Waals surface area contributed by atoms with Crippen LogP contribution in [0.25, 0.3) is 0 Å². The number of rotatable bonds is 5. The van der Waals surface area contributed by atoms with Crippen LogP contribution >= 0.6 is 0 Å². The lowest BCUT2D eigenvalue weighted by atomic mass is 9.84. The van der Waals surface area contributed by atoms with Gasteiger partial charge in [-0.3, -0.25) is 11.3 Å². The number of halogens is 1. The van der Waals surface area contributed by atoms with Crippen LogP contribution in [0.3, 0.4) is 0 Å². The molecule has 18 heavy (non-hydrogen) atoms. The molecule has 0 heterocycles. The summed E-state index contributed by atoms with van der Waals surface area (Å²) in [6.07, 6.45) is 8.63. The first-order valence-electron chi connectivity index (χ1n) is 6.98. The van der Waals surface area contributed by atoms with Crippen molar-refractivity contribution in [2.24, 2.45) is 11.8 Å². The van der Waals surface area contributed by atoms with Gasteiger partial charge >= 0.3 is 0 Å². The SMILES string of the molecule is NNC(Cc1cccc(F)c1)CC1CCCCC1. The zero-order chi connectivity index (χ0) is 12.8. The van der Waals surface area contributed by atoms with Crippen molar-refractivity contribution in [2.45, 2.75) is 51.0 Å². The summed E-state index contributed by atoms with van der Waals surface area (Å²) in [5, 5.41) is 0. The molecule has 1 aliphatic rings. The second-order valence-corrected chi connectivity index (χ2v) is 5.44. The molecular formula is C15H23FN2. The standard InChI is InChI=1S/C15H23FN2/c16-14-8-4-7-13(9-14)11-15(18-17)10-12-5-2-1-3-6-12/h4,7-9,12,15,18H,1-3,5-6,10-11,17H2. The van der Waals surface area contributed by atoms with E-state index in [9.17, 15) is 4.39 Å². The van der Waals surface area contributed by atoms with Gasteiger partial charge in [-0.25, -0.2) is 4.39 Å². The van der Waals surface area contributed by atoms with E-state index < -0.39 is 0 Å². The number of benzene rings is 1. The van der Waals surface area contributed by atoms with Crippen molar-refractivity contribution in [3.63, 3.8) is 0 Å². The summed E-state index contributed by atoms with van der Waals surface area (Å²) >= 11 is 0. The van der Waals surface area contributed by atoms with Crippen molar-refractivity contribution in [2.75, 3.05) is 0 Å². The lowest BCUT2D eigenvalue weighted by Gasteiger charge is -2.26. The van der Waals surface area contributed by atoms with Crippen LogP contribution in [0, 0.1) is 11.7 Å². The van der Waals surface area contributed by atoms with Crippen LogP contribution < -0.4 is 11.3 Å². The molecule has 0 aromatic heterocycles. The largest absolute Gasteiger partial charge is 0.271 e. The van der Waals surface area contributed by atoms with Gasteiger partial charge in [-0.05, 0) is 36.5 Å². The first-order chi connectivity index (χ1) is 8.78. The smallest absolute Gasteiger partial charge is 0.123 e. The molecule has 3 heteroatoms. The molecular weight excluding hydrogens is 227 g/mol. The molecule has 1 unspecified atom stereocenters. The molecule has 1 atom stereocenters. The van der Waals surface area contributed by atoms with Crippen LogP contribution in [0.5, 0.6) is 0 Å². The third-order valence-corrected chi connectivity index (χ3v) is 3.95. The van der Waals surface area contributed by atoms with Crippen molar-refractivity contribution < 1.29 is 4.39 Å². The molecule has 1 aromatic rings. The van der Waals surface area contributed by atoms with E-state index in [2.05, 4.69) is 5.43 Å². The number of nitrogens with one attached hydrogen (secondary N) is 1. The molecule has 100 valence electrons. The normalized spacial score (nSPS) is 18.8. The third-order valence-electron chi connectivity index (χ3n) is 3.95. The van der Waals surface area contributed by atoms with E-state index in [1.807, 2.05) is 6.07 Å². The van der Waals surface area contributed by atoms with E-state index in [0.717, 1.165) is 24.3 Å². The van der Waals surface area contributed by atoms with Crippen LogP contribution in [0.4, 0.5) is 4.39 Å². The van der Waals surface area contributed by atoms with Crippen molar-refractivity contribution >= 4 is 0 Å². The predicted octanol–water partition coefficient (Wildman–Crippen LogP) is 3.17. The van der Waals surface area contributed by atoms with Gasteiger partial charge in [0, 0.05) is 6.04 Å². The molecule has 0 aliphatic heterocycles. The first kappa shape index (κ1) is 13.5. The maximum atomic E-state index is 13.1. The monoisotopic (exact) mass is 250 g/mol. The highest BCUT2D eigenvalue weighted by molar-refractivity contribution is 5.17. The van der Waals surface area contributed by atoms with Crippen LogP contribution in [-0.4, -0.2) is 6.04 Å². The molecule has 0 amide bonds. The molecule has 1 fully saturated rings. The average Bonchev–Trinajstić information content (AvgIpc) is 2.39. The Morgan fingerprint density at radius 2 is 2.06 bits per heavy atom. The van der Waals surface area contributed by atoms with Crippen LogP contribution in [0.1, 0.15) is 44.1 Å². The average molecular weight is 250 g/mol. The van der Waals surface area contributed by atoms with Crippen molar-refractivity contribution in [1.29, 1.82) is 0 Å². The molecule has 2 nitrogen and oxygen atoms in total. The highest BCUT2D eigenvalue weighted by atomic mass is 19.1. The van der Waals surface area contributed by atoms with Gasteiger partial charge in [0.2, 0.25) is 0 Å². The lowest BCUT2D eigenvalue weighted by molar-refractivity contribution is 0.298. The molecule has 0 bridgehead atoms. The fraction of sp³-hybridized carbons (Fsp3) is 0.600. The molecule has 0 spiro atoms. The zero-order valence-corrected chi connectivity index (χ0v) is 10.9. The van der Waals surface area contributed by atoms with Crippen LogP contribution in [-0.2, 0) is 6.42 Å². The van der Waals surface area contributed by atoms with E-state index in [4.69, 9.17) is 5.84 Å². The maximum absolute atomic E-state index is 13.1. The van der Waals surface area contributed by atoms with E-state index in [1.165, 1.54) is 38.2 Å². The Hall–Kier alpha value is -0.930. The number of nitrogens with two attached hydrogens (primary N) is 1. The van der Waals surface area contributed by atoms with Gasteiger partial charge in [0.15, 0.2) is 0 Å².